The second-order valence-corrected chi connectivity index (χ2v) is 4.15. The third-order valence-corrected chi connectivity index (χ3v) is 2.36. The van der Waals surface area contributed by atoms with Gasteiger partial charge in [0.05, 0.1) is 14.2 Å². The lowest BCUT2D eigenvalue weighted by molar-refractivity contribution is -0.136. The van der Waals surface area contributed by atoms with Crippen molar-refractivity contribution in [3.8, 4) is 0 Å². The van der Waals surface area contributed by atoms with Crippen LogP contribution in [0.3, 0.4) is 0 Å². The van der Waals surface area contributed by atoms with Crippen LogP contribution in [0.15, 0.2) is 30.3 Å². The van der Waals surface area contributed by atoms with Crippen molar-refractivity contribution >= 4 is 14.2 Å². The van der Waals surface area contributed by atoms with Crippen molar-refractivity contribution in [3.63, 3.8) is 0 Å². The van der Waals surface area contributed by atoms with Gasteiger partial charge in [0.2, 0.25) is 0 Å². The molecule has 5 nitrogen and oxygen atoms in total. The Morgan fingerprint density at radius 1 is 1.24 bits per heavy atom. The highest BCUT2D eigenvalue weighted by Gasteiger charge is 2.10. The average Bonchev–Trinajstić information content (AvgIpc) is 2.37. The van der Waals surface area contributed by atoms with E-state index in [-0.39, 0.29) is 6.42 Å². The van der Waals surface area contributed by atoms with Crippen molar-refractivity contribution in [2.45, 2.75) is 12.8 Å². The van der Waals surface area contributed by atoms with Crippen molar-refractivity contribution in [1.82, 2.24) is 0 Å². The molecule has 17 heavy (non-hydrogen) atoms. The van der Waals surface area contributed by atoms with Crippen molar-refractivity contribution in [3.05, 3.63) is 35.9 Å². The lowest BCUT2D eigenvalue weighted by Gasteiger charge is -1.95. The first-order valence-corrected chi connectivity index (χ1v) is 6.01. The van der Waals surface area contributed by atoms with E-state index in [0.29, 0.717) is 6.42 Å². The highest BCUT2D eigenvalue weighted by Crippen LogP contribution is 2.18. The summed E-state index contributed by atoms with van der Waals surface area (Å²) in [6.45, 7) is 0. The number of hydrogen-bond donors (Lipinski definition) is 1. The summed E-state index contributed by atoms with van der Waals surface area (Å²) in [5.74, 6) is -0.742. The molecule has 0 spiro atoms. The van der Waals surface area contributed by atoms with Gasteiger partial charge in [-0.1, -0.05) is 30.3 Å². The van der Waals surface area contributed by atoms with Crippen LogP contribution in [0.25, 0.3) is 0 Å². The van der Waals surface area contributed by atoms with Crippen LogP contribution in [0.1, 0.15) is 12.0 Å². The van der Waals surface area contributed by atoms with Crippen LogP contribution in [0.2, 0.25) is 0 Å². The highest BCUT2D eigenvalue weighted by molar-refractivity contribution is 7.33. The van der Waals surface area contributed by atoms with Gasteiger partial charge in [0.15, 0.2) is 0 Å². The summed E-state index contributed by atoms with van der Waals surface area (Å²) in [4.78, 5) is 10.2. The number of carbonyl (C=O) groups is 1. The van der Waals surface area contributed by atoms with Crippen LogP contribution in [0.4, 0.5) is 0 Å². The molecule has 6 heteroatoms. The van der Waals surface area contributed by atoms with E-state index in [1.165, 1.54) is 14.2 Å². The maximum Gasteiger partial charge on any atom is 0.696 e. The van der Waals surface area contributed by atoms with Crippen molar-refractivity contribution < 1.29 is 23.5 Å². The average molecular weight is 259 g/mol. The van der Waals surface area contributed by atoms with E-state index in [4.69, 9.17) is 5.11 Å². The molecule has 0 unspecified atom stereocenters. The number of hydrogen-bond acceptors (Lipinski definition) is 4. The number of aliphatic carboxylic acids is 1. The maximum atomic E-state index is 10.2. The molecule has 0 amide bonds. The Labute approximate surface area is 101 Å². The van der Waals surface area contributed by atoms with Crippen molar-refractivity contribution in [2.24, 2.45) is 0 Å². The van der Waals surface area contributed by atoms with Gasteiger partial charge >= 0.3 is 14.2 Å². The molecule has 1 aromatic carbocycles. The third kappa shape index (κ3) is 9.63. The molecule has 1 N–H and O–H groups in total. The largest absolute Gasteiger partial charge is 0.696 e. The lowest BCUT2D eigenvalue weighted by Crippen LogP contribution is -1.96. The van der Waals surface area contributed by atoms with Gasteiger partial charge in [-0.25, -0.2) is 0 Å². The Morgan fingerprint density at radius 3 is 2.12 bits per heavy atom. The Hall–Kier alpha value is -1.29. The number of aryl methyl sites for hydroxylation is 1. The Kier molecular flexibility index (Phi) is 9.15. The standard InChI is InChI=1S/C9H10O2.C2H6O3P/c10-9(11)7-6-8-4-2-1-3-5-8;1-4-6(3)5-2/h1-5H,6-7H2,(H,10,11);1-2H3/q;+1. The zero-order valence-electron chi connectivity index (χ0n) is 9.83. The zero-order chi connectivity index (χ0) is 13.1. The van der Waals surface area contributed by atoms with E-state index in [2.05, 4.69) is 9.05 Å². The van der Waals surface area contributed by atoms with E-state index < -0.39 is 14.2 Å². The van der Waals surface area contributed by atoms with E-state index in [0.717, 1.165) is 5.56 Å². The first-order chi connectivity index (χ1) is 8.10. The molecule has 0 radical (unpaired) electrons. The summed E-state index contributed by atoms with van der Waals surface area (Å²) in [6, 6.07) is 9.62. The SMILES string of the molecule is CO[P+](=O)OC.O=C(O)CCc1ccccc1. The van der Waals surface area contributed by atoms with Crippen molar-refractivity contribution in [1.29, 1.82) is 0 Å². The molecule has 0 aromatic heterocycles. The van der Waals surface area contributed by atoms with Gasteiger partial charge in [-0.2, -0.15) is 0 Å². The molecule has 0 saturated carbocycles. The molecule has 0 saturated heterocycles. The molecule has 0 heterocycles. The van der Waals surface area contributed by atoms with Gasteiger partial charge in [0.1, 0.15) is 0 Å². The fraction of sp³-hybridized carbons (Fsp3) is 0.364. The quantitative estimate of drug-likeness (QED) is 0.823. The molecule has 94 valence electrons. The number of benzene rings is 1. The maximum absolute atomic E-state index is 10.2. The second kappa shape index (κ2) is 9.90. The van der Waals surface area contributed by atoms with Crippen molar-refractivity contribution in [2.75, 3.05) is 14.2 Å². The van der Waals surface area contributed by atoms with E-state index >= 15 is 0 Å². The fourth-order valence-electron chi connectivity index (χ4n) is 0.970. The molecule has 0 aliphatic carbocycles. The summed E-state index contributed by atoms with van der Waals surface area (Å²) in [5.41, 5.74) is 1.08. The fourth-order valence-corrected chi connectivity index (χ4v) is 1.12. The highest BCUT2D eigenvalue weighted by atomic mass is 31.1. The summed E-state index contributed by atoms with van der Waals surface area (Å²) in [7, 11) is 0.817. The molecule has 0 aliphatic heterocycles. The second-order valence-electron chi connectivity index (χ2n) is 2.97. The predicted molar refractivity (Wildman–Crippen MR) is 64.0 cm³/mol. The molecule has 0 aliphatic rings. The van der Waals surface area contributed by atoms with Crippen LogP contribution in [-0.4, -0.2) is 25.3 Å². The molecular weight excluding hydrogens is 243 g/mol. The molecule has 0 bridgehead atoms. The van der Waals surface area contributed by atoms with Gasteiger partial charge in [0.25, 0.3) is 0 Å². The van der Waals surface area contributed by atoms with Gasteiger partial charge in [-0.3, -0.25) is 4.79 Å². The van der Waals surface area contributed by atoms with Crippen LogP contribution in [0, 0.1) is 0 Å². The first kappa shape index (κ1) is 15.7. The predicted octanol–water partition coefficient (Wildman–Crippen LogP) is 2.64. The minimum Gasteiger partial charge on any atom is -0.481 e. The van der Waals surface area contributed by atoms with Crippen LogP contribution < -0.4 is 0 Å². The summed E-state index contributed by atoms with van der Waals surface area (Å²) in [5, 5.41) is 8.37. The lowest BCUT2D eigenvalue weighted by atomic mass is 10.1. The first-order valence-electron chi connectivity index (χ1n) is 4.91. The van der Waals surface area contributed by atoms with Gasteiger partial charge in [-0.15, -0.1) is 9.05 Å². The topological polar surface area (TPSA) is 72.8 Å². The van der Waals surface area contributed by atoms with Gasteiger partial charge in [-0.05, 0) is 12.0 Å². The molecule has 0 atom stereocenters. The van der Waals surface area contributed by atoms with Crippen LogP contribution in [-0.2, 0) is 24.8 Å². The van der Waals surface area contributed by atoms with E-state index in [1.54, 1.807) is 0 Å². The molecule has 1 rings (SSSR count). The minimum absolute atomic E-state index is 0.212. The summed E-state index contributed by atoms with van der Waals surface area (Å²) < 4.78 is 18.3. The van der Waals surface area contributed by atoms with Gasteiger partial charge in [0, 0.05) is 11.0 Å². The van der Waals surface area contributed by atoms with Crippen LogP contribution in [0.5, 0.6) is 0 Å². The number of carboxylic acids is 1. The summed E-state index contributed by atoms with van der Waals surface area (Å²) in [6.07, 6.45) is 0.834. The summed E-state index contributed by atoms with van der Waals surface area (Å²) >= 11 is 0. The molecule has 0 fully saturated rings. The third-order valence-electron chi connectivity index (χ3n) is 1.77. The Balaban J connectivity index is 0.000000366. The molecular formula is C11H16O5P+. The minimum atomic E-state index is -1.83. The van der Waals surface area contributed by atoms with Crippen LogP contribution >= 0.6 is 8.25 Å². The Morgan fingerprint density at radius 2 is 1.76 bits per heavy atom. The zero-order valence-corrected chi connectivity index (χ0v) is 10.7. The normalized spacial score (nSPS) is 9.06. The monoisotopic (exact) mass is 259 g/mol. The molecule has 1 aromatic rings. The Bertz CT molecular complexity index is 333. The van der Waals surface area contributed by atoms with Gasteiger partial charge < -0.3 is 5.11 Å². The van der Waals surface area contributed by atoms with E-state index in [9.17, 15) is 9.36 Å². The number of carboxylic acid groups (broad SMARTS) is 1. The number of rotatable bonds is 5. The smallest absolute Gasteiger partial charge is 0.481 e. The van der Waals surface area contributed by atoms with E-state index in [1.807, 2.05) is 30.3 Å².